The van der Waals surface area contributed by atoms with Gasteiger partial charge in [-0.25, -0.2) is 4.68 Å². The zero-order valence-electron chi connectivity index (χ0n) is 13.7. The van der Waals surface area contributed by atoms with E-state index in [-0.39, 0.29) is 18.0 Å². The summed E-state index contributed by atoms with van der Waals surface area (Å²) < 4.78 is 1.53. The van der Waals surface area contributed by atoms with E-state index in [0.717, 1.165) is 11.4 Å². The van der Waals surface area contributed by atoms with E-state index < -0.39 is 0 Å². The van der Waals surface area contributed by atoms with Gasteiger partial charge < -0.3 is 4.90 Å². The number of nitrogens with one attached hydrogen (secondary N) is 1. The molecule has 3 aromatic rings. The van der Waals surface area contributed by atoms with Gasteiger partial charge in [0.15, 0.2) is 0 Å². The maximum Gasteiger partial charge on any atom is 0.276 e. The summed E-state index contributed by atoms with van der Waals surface area (Å²) in [6.45, 7) is 0.796. The second-order valence-electron chi connectivity index (χ2n) is 6.15. The number of para-hydroxylation sites is 1. The van der Waals surface area contributed by atoms with Crippen LogP contribution in [0.2, 0.25) is 10.0 Å². The van der Waals surface area contributed by atoms with Crippen LogP contribution in [-0.4, -0.2) is 27.1 Å². The predicted molar refractivity (Wildman–Crippen MR) is 101 cm³/mol. The summed E-state index contributed by atoms with van der Waals surface area (Å²) in [7, 11) is 0. The quantitative estimate of drug-likeness (QED) is 0.728. The number of carbonyl (C=O) groups is 1. The Labute approximate surface area is 159 Å². The minimum atomic E-state index is -0.166. The second kappa shape index (κ2) is 6.67. The lowest BCUT2D eigenvalue weighted by molar-refractivity contribution is 0.0734. The van der Waals surface area contributed by atoms with E-state index in [1.807, 2.05) is 30.3 Å². The Morgan fingerprint density at radius 1 is 1.04 bits per heavy atom. The largest absolute Gasteiger partial charge is 0.334 e. The lowest BCUT2D eigenvalue weighted by atomic mass is 10.1. The van der Waals surface area contributed by atoms with Gasteiger partial charge in [-0.1, -0.05) is 41.4 Å². The average Bonchev–Trinajstić information content (AvgIpc) is 3.00. The second-order valence-corrected chi connectivity index (χ2v) is 6.97. The summed E-state index contributed by atoms with van der Waals surface area (Å²) in [5.41, 5.74) is 2.60. The first-order chi connectivity index (χ1) is 12.5. The van der Waals surface area contributed by atoms with E-state index in [9.17, 15) is 9.59 Å². The molecular weight excluding hydrogens is 373 g/mol. The van der Waals surface area contributed by atoms with E-state index in [2.05, 4.69) is 5.10 Å². The molecule has 1 aliphatic rings. The number of halogens is 2. The van der Waals surface area contributed by atoms with Gasteiger partial charge in [0.2, 0.25) is 0 Å². The molecule has 0 saturated heterocycles. The molecule has 0 saturated carbocycles. The molecule has 0 spiro atoms. The molecule has 26 heavy (non-hydrogen) atoms. The molecule has 0 fully saturated rings. The van der Waals surface area contributed by atoms with Crippen molar-refractivity contribution in [3.8, 4) is 5.69 Å². The number of aromatic amines is 1. The van der Waals surface area contributed by atoms with Crippen LogP contribution in [0.5, 0.6) is 0 Å². The minimum absolute atomic E-state index is 0.127. The maximum atomic E-state index is 12.8. The fourth-order valence-electron chi connectivity index (χ4n) is 3.15. The van der Waals surface area contributed by atoms with Gasteiger partial charge in [0.05, 0.1) is 27.8 Å². The number of nitrogens with zero attached hydrogens (tertiary/aromatic N) is 2. The van der Waals surface area contributed by atoms with E-state index in [0.29, 0.717) is 34.1 Å². The zero-order chi connectivity index (χ0) is 18.3. The highest BCUT2D eigenvalue weighted by Gasteiger charge is 2.26. The predicted octanol–water partition coefficient (Wildman–Crippen LogP) is 3.67. The number of fused-ring (bicyclic) bond motifs is 1. The number of aromatic nitrogens is 2. The number of rotatable bonds is 2. The highest BCUT2D eigenvalue weighted by atomic mass is 35.5. The van der Waals surface area contributed by atoms with Crippen LogP contribution < -0.4 is 5.56 Å². The Balaban J connectivity index is 1.64. The highest BCUT2D eigenvalue weighted by Crippen LogP contribution is 2.24. The third-order valence-corrected chi connectivity index (χ3v) is 5.26. The van der Waals surface area contributed by atoms with Crippen LogP contribution in [0.4, 0.5) is 0 Å². The van der Waals surface area contributed by atoms with Gasteiger partial charge >= 0.3 is 0 Å². The van der Waals surface area contributed by atoms with Crippen molar-refractivity contribution in [2.45, 2.75) is 13.0 Å². The molecule has 2 aromatic carbocycles. The summed E-state index contributed by atoms with van der Waals surface area (Å²) in [5, 5.41) is 3.90. The topological polar surface area (TPSA) is 58.1 Å². The summed E-state index contributed by atoms with van der Waals surface area (Å²) in [6, 6.07) is 14.2. The summed E-state index contributed by atoms with van der Waals surface area (Å²) in [5.74, 6) is -0.166. The Morgan fingerprint density at radius 3 is 2.54 bits per heavy atom. The highest BCUT2D eigenvalue weighted by molar-refractivity contribution is 6.42. The molecule has 1 aromatic heterocycles. The van der Waals surface area contributed by atoms with Crippen LogP contribution in [0, 0.1) is 0 Å². The fourth-order valence-corrected chi connectivity index (χ4v) is 3.45. The van der Waals surface area contributed by atoms with Gasteiger partial charge in [-0.3, -0.25) is 14.7 Å². The number of hydrogen-bond acceptors (Lipinski definition) is 2. The number of hydrogen-bond donors (Lipinski definition) is 1. The summed E-state index contributed by atoms with van der Waals surface area (Å²) in [6.07, 6.45) is 0.595. The number of carbonyl (C=O) groups excluding carboxylic acids is 1. The van der Waals surface area contributed by atoms with Gasteiger partial charge in [0, 0.05) is 24.2 Å². The summed E-state index contributed by atoms with van der Waals surface area (Å²) >= 11 is 11.9. The van der Waals surface area contributed by atoms with Crippen LogP contribution in [0.3, 0.4) is 0 Å². The molecule has 0 aliphatic carbocycles. The molecule has 0 radical (unpaired) electrons. The van der Waals surface area contributed by atoms with Crippen LogP contribution in [-0.2, 0) is 13.0 Å². The van der Waals surface area contributed by atoms with E-state index in [1.165, 1.54) is 4.68 Å². The van der Waals surface area contributed by atoms with Gasteiger partial charge in [0.25, 0.3) is 11.5 Å². The van der Waals surface area contributed by atoms with Crippen molar-refractivity contribution in [3.05, 3.63) is 85.8 Å². The first-order valence-corrected chi connectivity index (χ1v) is 8.92. The van der Waals surface area contributed by atoms with Crippen molar-refractivity contribution in [3.63, 3.8) is 0 Å². The lowest BCUT2D eigenvalue weighted by Crippen LogP contribution is -2.37. The molecule has 0 atom stereocenters. The molecule has 5 nitrogen and oxygen atoms in total. The smallest absolute Gasteiger partial charge is 0.276 e. The number of benzene rings is 2. The average molecular weight is 388 g/mol. The third-order valence-electron chi connectivity index (χ3n) is 4.52. The molecule has 2 heterocycles. The monoisotopic (exact) mass is 387 g/mol. The molecule has 0 unspecified atom stereocenters. The van der Waals surface area contributed by atoms with Gasteiger partial charge in [-0.2, -0.15) is 0 Å². The normalized spacial score (nSPS) is 13.5. The molecule has 7 heteroatoms. The van der Waals surface area contributed by atoms with Crippen molar-refractivity contribution in [1.82, 2.24) is 14.7 Å². The van der Waals surface area contributed by atoms with Crippen molar-refractivity contribution in [2.24, 2.45) is 0 Å². The number of H-pyrrole nitrogens is 1. The van der Waals surface area contributed by atoms with Crippen LogP contribution in [0.25, 0.3) is 5.69 Å². The fraction of sp³-hybridized carbons (Fsp3) is 0.158. The standard InChI is InChI=1S/C19H15Cl2N3O2/c20-15-7-6-12(10-16(15)21)18(25)23-9-8-17-14(11-23)19(26)24(22-17)13-4-2-1-3-5-13/h1-7,10,22H,8-9,11H2. The van der Waals surface area contributed by atoms with Crippen molar-refractivity contribution >= 4 is 29.1 Å². The first kappa shape index (κ1) is 16.9. The third kappa shape index (κ3) is 2.93. The Hall–Kier alpha value is -2.50. The molecule has 132 valence electrons. The SMILES string of the molecule is O=C(c1ccc(Cl)c(Cl)c1)N1CCc2[nH]n(-c3ccccc3)c(=O)c2C1. The van der Waals surface area contributed by atoms with Crippen molar-refractivity contribution in [2.75, 3.05) is 6.54 Å². The van der Waals surface area contributed by atoms with E-state index in [4.69, 9.17) is 23.2 Å². The van der Waals surface area contributed by atoms with Crippen molar-refractivity contribution < 1.29 is 4.79 Å². The lowest BCUT2D eigenvalue weighted by Gasteiger charge is -2.26. The molecule has 0 bridgehead atoms. The molecule has 1 N–H and O–H groups in total. The minimum Gasteiger partial charge on any atom is -0.334 e. The Kier molecular flexibility index (Phi) is 4.34. The van der Waals surface area contributed by atoms with Gasteiger partial charge in [-0.15, -0.1) is 0 Å². The van der Waals surface area contributed by atoms with E-state index in [1.54, 1.807) is 23.1 Å². The Morgan fingerprint density at radius 2 is 1.81 bits per heavy atom. The van der Waals surface area contributed by atoms with E-state index >= 15 is 0 Å². The molecule has 1 amide bonds. The number of amides is 1. The van der Waals surface area contributed by atoms with Crippen LogP contribution >= 0.6 is 23.2 Å². The molecular formula is C19H15Cl2N3O2. The van der Waals surface area contributed by atoms with Crippen LogP contribution in [0.15, 0.2) is 53.3 Å². The molecule has 4 rings (SSSR count). The van der Waals surface area contributed by atoms with Gasteiger partial charge in [0.1, 0.15) is 0 Å². The molecule has 1 aliphatic heterocycles. The van der Waals surface area contributed by atoms with Crippen LogP contribution in [0.1, 0.15) is 21.6 Å². The zero-order valence-corrected chi connectivity index (χ0v) is 15.2. The maximum absolute atomic E-state index is 12.8. The first-order valence-electron chi connectivity index (χ1n) is 8.17. The Bertz CT molecular complexity index is 1040. The van der Waals surface area contributed by atoms with Crippen molar-refractivity contribution in [1.29, 1.82) is 0 Å². The summed E-state index contributed by atoms with van der Waals surface area (Å²) in [4.78, 5) is 27.2. The van der Waals surface area contributed by atoms with Gasteiger partial charge in [-0.05, 0) is 30.3 Å².